The fraction of sp³-hybridized carbons (Fsp3) is 0.231. The summed E-state index contributed by atoms with van der Waals surface area (Å²) in [5.41, 5.74) is 5.98. The highest BCUT2D eigenvalue weighted by Gasteiger charge is 2.33. The molecule has 0 bridgehead atoms. The molecule has 3 aromatic rings. The number of carboxylic acid groups (broad SMARTS) is 1. The van der Waals surface area contributed by atoms with Gasteiger partial charge in [-0.15, -0.1) is 0 Å². The second-order valence-corrected chi connectivity index (χ2v) is 8.08. The van der Waals surface area contributed by atoms with Crippen molar-refractivity contribution in [3.8, 4) is 11.1 Å². The number of carbonyl (C=O) groups is 2. The van der Waals surface area contributed by atoms with Crippen LogP contribution in [0.4, 0.5) is 4.79 Å². The molecule has 1 amide bonds. The summed E-state index contributed by atoms with van der Waals surface area (Å²) in [6, 6.07) is 23.3. The Hall–Kier alpha value is -3.60. The Labute approximate surface area is 180 Å². The van der Waals surface area contributed by atoms with Crippen LogP contribution in [0.3, 0.4) is 0 Å². The number of nitrogens with zero attached hydrogens (tertiary/aromatic N) is 1. The number of rotatable bonds is 4. The second-order valence-electron chi connectivity index (χ2n) is 8.08. The summed E-state index contributed by atoms with van der Waals surface area (Å²) < 4.78 is 5.83. The van der Waals surface area contributed by atoms with E-state index in [-0.39, 0.29) is 23.6 Å². The molecule has 5 nitrogen and oxygen atoms in total. The Bertz CT molecular complexity index is 1090. The van der Waals surface area contributed by atoms with E-state index in [2.05, 4.69) is 24.3 Å². The van der Waals surface area contributed by atoms with E-state index in [1.807, 2.05) is 24.3 Å². The third kappa shape index (κ3) is 3.46. The summed E-state index contributed by atoms with van der Waals surface area (Å²) in [4.78, 5) is 25.9. The molecule has 1 fully saturated rings. The lowest BCUT2D eigenvalue weighted by atomic mass is 9.98. The average molecular weight is 413 g/mol. The lowest BCUT2D eigenvalue weighted by Crippen LogP contribution is -2.32. The zero-order valence-electron chi connectivity index (χ0n) is 17.0. The third-order valence-corrected chi connectivity index (χ3v) is 6.37. The molecule has 31 heavy (non-hydrogen) atoms. The Kier molecular flexibility index (Phi) is 4.94. The number of hydrogen-bond acceptors (Lipinski definition) is 3. The van der Waals surface area contributed by atoms with Gasteiger partial charge in [-0.3, -0.25) is 0 Å². The van der Waals surface area contributed by atoms with Crippen LogP contribution in [0.1, 0.15) is 51.8 Å². The maximum atomic E-state index is 13.0. The molecule has 2 aliphatic rings. The van der Waals surface area contributed by atoms with Gasteiger partial charge in [0.05, 0.1) is 11.6 Å². The summed E-state index contributed by atoms with van der Waals surface area (Å²) in [5, 5.41) is 9.11. The van der Waals surface area contributed by atoms with Crippen LogP contribution in [0.15, 0.2) is 72.8 Å². The van der Waals surface area contributed by atoms with Crippen LogP contribution < -0.4 is 0 Å². The first kappa shape index (κ1) is 19.4. The van der Waals surface area contributed by atoms with Gasteiger partial charge in [0.2, 0.25) is 0 Å². The average Bonchev–Trinajstić information content (AvgIpc) is 3.41. The zero-order valence-corrected chi connectivity index (χ0v) is 17.0. The van der Waals surface area contributed by atoms with E-state index < -0.39 is 5.97 Å². The molecule has 1 atom stereocenters. The number of benzene rings is 3. The molecule has 0 aromatic heterocycles. The molecule has 156 valence electrons. The van der Waals surface area contributed by atoms with E-state index in [1.165, 1.54) is 22.3 Å². The first-order valence-electron chi connectivity index (χ1n) is 10.6. The quantitative estimate of drug-likeness (QED) is 0.616. The highest BCUT2D eigenvalue weighted by atomic mass is 16.6. The highest BCUT2D eigenvalue weighted by Crippen LogP contribution is 2.44. The lowest BCUT2D eigenvalue weighted by Gasteiger charge is -2.25. The summed E-state index contributed by atoms with van der Waals surface area (Å²) in [6.07, 6.45) is 1.43. The van der Waals surface area contributed by atoms with Gasteiger partial charge in [0, 0.05) is 12.5 Å². The van der Waals surface area contributed by atoms with Gasteiger partial charge in [-0.2, -0.15) is 0 Å². The molecule has 1 heterocycles. The molecule has 1 N–H and O–H groups in total. The predicted octanol–water partition coefficient (Wildman–Crippen LogP) is 5.47. The molecule has 5 heteroatoms. The molecule has 3 aromatic carbocycles. The molecular weight excluding hydrogens is 390 g/mol. The molecular formula is C26H23NO4. The van der Waals surface area contributed by atoms with Crippen LogP contribution in [-0.4, -0.2) is 35.2 Å². The fourth-order valence-corrected chi connectivity index (χ4v) is 4.86. The van der Waals surface area contributed by atoms with Crippen molar-refractivity contribution in [1.29, 1.82) is 0 Å². The van der Waals surface area contributed by atoms with Gasteiger partial charge in [0.25, 0.3) is 0 Å². The Morgan fingerprint density at radius 1 is 0.903 bits per heavy atom. The Morgan fingerprint density at radius 2 is 1.52 bits per heavy atom. The summed E-state index contributed by atoms with van der Waals surface area (Å²) in [5.74, 6) is -0.918. The van der Waals surface area contributed by atoms with E-state index >= 15 is 0 Å². The standard InChI is InChI=1S/C26H23NO4/c28-25(29)18-13-11-17(12-14-18)24-10-5-15-27(24)26(30)31-16-23-21-8-3-1-6-19(21)20-7-2-4-9-22(20)23/h1-4,6-9,11-14,23-24H,5,10,15-16H2,(H,28,29). The minimum atomic E-state index is -0.952. The topological polar surface area (TPSA) is 66.8 Å². The van der Waals surface area contributed by atoms with Crippen molar-refractivity contribution in [2.75, 3.05) is 13.2 Å². The Morgan fingerprint density at radius 3 is 2.13 bits per heavy atom. The molecule has 1 unspecified atom stereocenters. The molecule has 0 radical (unpaired) electrons. The number of aromatic carboxylic acids is 1. The molecule has 1 aliphatic heterocycles. The van der Waals surface area contributed by atoms with Crippen molar-refractivity contribution in [2.45, 2.75) is 24.8 Å². The minimum absolute atomic E-state index is 0.0345. The van der Waals surface area contributed by atoms with Gasteiger partial charge in [0.1, 0.15) is 6.61 Å². The first-order valence-corrected chi connectivity index (χ1v) is 10.6. The van der Waals surface area contributed by atoms with Crippen molar-refractivity contribution in [1.82, 2.24) is 4.90 Å². The van der Waals surface area contributed by atoms with Gasteiger partial charge in [-0.25, -0.2) is 9.59 Å². The maximum absolute atomic E-state index is 13.0. The summed E-state index contributed by atoms with van der Waals surface area (Å²) in [7, 11) is 0. The predicted molar refractivity (Wildman–Crippen MR) is 117 cm³/mol. The SMILES string of the molecule is O=C(O)c1ccc(C2CCCN2C(=O)OCC2c3ccccc3-c3ccccc32)cc1. The largest absolute Gasteiger partial charge is 0.478 e. The number of hydrogen-bond donors (Lipinski definition) is 1. The smallest absolute Gasteiger partial charge is 0.410 e. The maximum Gasteiger partial charge on any atom is 0.410 e. The van der Waals surface area contributed by atoms with Gasteiger partial charge >= 0.3 is 12.1 Å². The van der Waals surface area contributed by atoms with Gasteiger partial charge in [0.15, 0.2) is 0 Å². The minimum Gasteiger partial charge on any atom is -0.478 e. The van der Waals surface area contributed by atoms with Gasteiger partial charge in [-0.05, 0) is 52.8 Å². The summed E-state index contributed by atoms with van der Waals surface area (Å²) in [6.45, 7) is 0.941. The van der Waals surface area contributed by atoms with Crippen LogP contribution in [0, 0.1) is 0 Å². The van der Waals surface area contributed by atoms with Crippen molar-refractivity contribution in [3.05, 3.63) is 95.1 Å². The number of amides is 1. The first-order chi connectivity index (χ1) is 15.1. The van der Waals surface area contributed by atoms with E-state index in [0.717, 1.165) is 18.4 Å². The van der Waals surface area contributed by atoms with Crippen molar-refractivity contribution in [2.24, 2.45) is 0 Å². The number of fused-ring (bicyclic) bond motifs is 3. The van der Waals surface area contributed by atoms with Crippen molar-refractivity contribution in [3.63, 3.8) is 0 Å². The van der Waals surface area contributed by atoms with E-state index in [0.29, 0.717) is 13.2 Å². The van der Waals surface area contributed by atoms with Crippen LogP contribution in [-0.2, 0) is 4.74 Å². The third-order valence-electron chi connectivity index (χ3n) is 6.37. The molecule has 0 saturated carbocycles. The second kappa shape index (κ2) is 7.91. The molecule has 1 aliphatic carbocycles. The molecule has 0 spiro atoms. The number of carbonyl (C=O) groups excluding carboxylic acids is 1. The monoisotopic (exact) mass is 413 g/mol. The van der Waals surface area contributed by atoms with E-state index in [4.69, 9.17) is 9.84 Å². The van der Waals surface area contributed by atoms with Gasteiger partial charge in [-0.1, -0.05) is 60.7 Å². The zero-order chi connectivity index (χ0) is 21.4. The van der Waals surface area contributed by atoms with Crippen molar-refractivity contribution < 1.29 is 19.4 Å². The lowest BCUT2D eigenvalue weighted by molar-refractivity contribution is 0.0696. The van der Waals surface area contributed by atoms with Crippen LogP contribution in [0.2, 0.25) is 0 Å². The van der Waals surface area contributed by atoms with Crippen molar-refractivity contribution >= 4 is 12.1 Å². The molecule has 5 rings (SSSR count). The Balaban J connectivity index is 1.32. The fourth-order valence-electron chi connectivity index (χ4n) is 4.86. The normalized spacial score (nSPS) is 17.3. The highest BCUT2D eigenvalue weighted by molar-refractivity contribution is 5.87. The van der Waals surface area contributed by atoms with Crippen LogP contribution in [0.5, 0.6) is 0 Å². The summed E-state index contributed by atoms with van der Waals surface area (Å²) >= 11 is 0. The number of ether oxygens (including phenoxy) is 1. The van der Waals surface area contributed by atoms with E-state index in [9.17, 15) is 9.59 Å². The van der Waals surface area contributed by atoms with Gasteiger partial charge < -0.3 is 14.7 Å². The van der Waals surface area contributed by atoms with Crippen LogP contribution >= 0.6 is 0 Å². The molecule has 1 saturated heterocycles. The van der Waals surface area contributed by atoms with E-state index in [1.54, 1.807) is 29.2 Å². The van der Waals surface area contributed by atoms with Crippen LogP contribution in [0.25, 0.3) is 11.1 Å². The number of likely N-dealkylation sites (tertiary alicyclic amines) is 1. The number of carboxylic acids is 1.